The second-order valence-electron chi connectivity index (χ2n) is 7.73. The highest BCUT2D eigenvalue weighted by Gasteiger charge is 2.26. The maximum Gasteiger partial charge on any atom is 0.349 e. The number of anilines is 1. The Morgan fingerprint density at radius 3 is 2.82 bits per heavy atom. The maximum atomic E-state index is 13.6. The van der Waals surface area contributed by atoms with E-state index in [4.69, 9.17) is 18.9 Å². The van der Waals surface area contributed by atoms with Crippen LogP contribution in [0.4, 0.5) is 5.13 Å². The summed E-state index contributed by atoms with van der Waals surface area (Å²) in [6.07, 6.45) is 0. The molecule has 1 aliphatic rings. The van der Waals surface area contributed by atoms with Crippen molar-refractivity contribution < 1.29 is 18.7 Å². The second-order valence-corrected chi connectivity index (χ2v) is 8.74. The van der Waals surface area contributed by atoms with Gasteiger partial charge < -0.3 is 13.9 Å². The van der Waals surface area contributed by atoms with Crippen LogP contribution < -0.4 is 15.3 Å². The first kappa shape index (κ1) is 21.6. The Morgan fingerprint density at radius 1 is 1.18 bits per heavy atom. The van der Waals surface area contributed by atoms with Crippen molar-refractivity contribution in [1.82, 2.24) is 9.88 Å². The lowest BCUT2D eigenvalue weighted by Gasteiger charge is -2.29. The van der Waals surface area contributed by atoms with E-state index in [1.54, 1.807) is 30.2 Å². The molecule has 0 atom stereocenters. The number of amides is 1. The number of thiazole rings is 1. The number of carbonyl (C=O) groups excluding carboxylic acids is 1. The Labute approximate surface area is 194 Å². The van der Waals surface area contributed by atoms with Gasteiger partial charge in [0.15, 0.2) is 5.13 Å². The molecule has 1 saturated heterocycles. The smallest absolute Gasteiger partial charge is 0.349 e. The summed E-state index contributed by atoms with van der Waals surface area (Å²) in [5.74, 6) is 0.273. The standard InChI is InChI=1S/C24H23N3O5S/c1-30-17-6-7-21-19(15-17)25-24(33-21)27(9-8-26-10-12-31-13-11-26)22(28)18-14-16-4-2-3-5-20(16)32-23(18)29/h2-7,14-15H,8-13H2,1H3. The maximum absolute atomic E-state index is 13.6. The highest BCUT2D eigenvalue weighted by molar-refractivity contribution is 7.22. The minimum atomic E-state index is -0.655. The van der Waals surface area contributed by atoms with Gasteiger partial charge in [-0.1, -0.05) is 29.5 Å². The lowest BCUT2D eigenvalue weighted by Crippen LogP contribution is -2.44. The number of rotatable bonds is 6. The Kier molecular flexibility index (Phi) is 6.08. The number of benzene rings is 2. The van der Waals surface area contributed by atoms with Crippen LogP contribution in [0.25, 0.3) is 21.2 Å². The topological polar surface area (TPSA) is 85.1 Å². The van der Waals surface area contributed by atoms with E-state index in [9.17, 15) is 9.59 Å². The number of fused-ring (bicyclic) bond motifs is 2. The van der Waals surface area contributed by atoms with E-state index in [1.165, 1.54) is 11.3 Å². The fourth-order valence-corrected chi connectivity index (χ4v) is 4.81. The molecule has 8 nitrogen and oxygen atoms in total. The summed E-state index contributed by atoms with van der Waals surface area (Å²) in [6, 6.07) is 14.4. The van der Waals surface area contributed by atoms with E-state index in [1.807, 2.05) is 30.3 Å². The summed E-state index contributed by atoms with van der Waals surface area (Å²) in [6.45, 7) is 3.98. The van der Waals surface area contributed by atoms with Gasteiger partial charge in [-0.2, -0.15) is 0 Å². The van der Waals surface area contributed by atoms with Crippen LogP contribution in [-0.4, -0.2) is 62.3 Å². The molecule has 33 heavy (non-hydrogen) atoms. The first-order chi connectivity index (χ1) is 16.1. The zero-order chi connectivity index (χ0) is 22.8. The molecular weight excluding hydrogens is 442 g/mol. The molecule has 170 valence electrons. The molecule has 1 fully saturated rings. The number of hydrogen-bond acceptors (Lipinski definition) is 8. The number of aromatic nitrogens is 1. The van der Waals surface area contributed by atoms with Crippen LogP contribution >= 0.6 is 11.3 Å². The fourth-order valence-electron chi connectivity index (χ4n) is 3.84. The highest BCUT2D eigenvalue weighted by Crippen LogP contribution is 2.32. The summed E-state index contributed by atoms with van der Waals surface area (Å²) < 4.78 is 17.1. The third kappa shape index (κ3) is 4.47. The molecule has 9 heteroatoms. The first-order valence-electron chi connectivity index (χ1n) is 10.7. The fraction of sp³-hybridized carbons (Fsp3) is 0.292. The lowest BCUT2D eigenvalue weighted by molar-refractivity contribution is 0.0391. The molecule has 0 unspecified atom stereocenters. The van der Waals surface area contributed by atoms with Gasteiger partial charge in [-0.3, -0.25) is 14.6 Å². The van der Waals surface area contributed by atoms with Crippen LogP contribution in [-0.2, 0) is 4.74 Å². The summed E-state index contributed by atoms with van der Waals surface area (Å²) in [5.41, 5.74) is 0.528. The largest absolute Gasteiger partial charge is 0.497 e. The molecular formula is C24H23N3O5S. The minimum Gasteiger partial charge on any atom is -0.497 e. The number of morpholine rings is 1. The van der Waals surface area contributed by atoms with Crippen molar-refractivity contribution in [3.05, 3.63) is 64.5 Å². The average Bonchev–Trinajstić information content (AvgIpc) is 3.27. The second kappa shape index (κ2) is 9.30. The van der Waals surface area contributed by atoms with Crippen molar-refractivity contribution in [2.24, 2.45) is 0 Å². The average molecular weight is 466 g/mol. The molecule has 0 N–H and O–H groups in total. The zero-order valence-corrected chi connectivity index (χ0v) is 19.0. The van der Waals surface area contributed by atoms with Gasteiger partial charge in [0.05, 0.1) is 30.5 Å². The molecule has 1 amide bonds. The first-order valence-corrected chi connectivity index (χ1v) is 11.5. The van der Waals surface area contributed by atoms with Crippen molar-refractivity contribution >= 4 is 43.6 Å². The van der Waals surface area contributed by atoms with Gasteiger partial charge in [0.1, 0.15) is 16.9 Å². The third-order valence-corrected chi connectivity index (χ3v) is 6.73. The molecule has 1 aliphatic heterocycles. The van der Waals surface area contributed by atoms with Gasteiger partial charge in [0.2, 0.25) is 0 Å². The summed E-state index contributed by atoms with van der Waals surface area (Å²) in [5, 5.41) is 1.23. The van der Waals surface area contributed by atoms with Crippen molar-refractivity contribution in [3.8, 4) is 5.75 Å². The quantitative estimate of drug-likeness (QED) is 0.404. The highest BCUT2D eigenvalue weighted by atomic mass is 32.1. The molecule has 0 saturated carbocycles. The molecule has 4 aromatic rings. The zero-order valence-electron chi connectivity index (χ0n) is 18.2. The van der Waals surface area contributed by atoms with Crippen molar-refractivity contribution in [2.75, 3.05) is 51.4 Å². The van der Waals surface area contributed by atoms with E-state index in [0.717, 1.165) is 23.3 Å². The number of hydrogen-bond donors (Lipinski definition) is 0. The van der Waals surface area contributed by atoms with E-state index >= 15 is 0 Å². The molecule has 0 aliphatic carbocycles. The molecule has 2 aromatic heterocycles. The SMILES string of the molecule is COc1ccc2sc(N(CCN3CCOCC3)C(=O)c3cc4ccccc4oc3=O)nc2c1. The molecule has 0 radical (unpaired) electrons. The van der Waals surface area contributed by atoms with Gasteiger partial charge >= 0.3 is 5.63 Å². The van der Waals surface area contributed by atoms with Crippen LogP contribution in [0.5, 0.6) is 5.75 Å². The Bertz CT molecular complexity index is 1360. The van der Waals surface area contributed by atoms with Crippen molar-refractivity contribution in [1.29, 1.82) is 0 Å². The van der Waals surface area contributed by atoms with Crippen LogP contribution in [0.2, 0.25) is 0 Å². The molecule has 5 rings (SSSR count). The van der Waals surface area contributed by atoms with E-state index in [2.05, 4.69) is 4.90 Å². The van der Waals surface area contributed by atoms with Crippen LogP contribution in [0.3, 0.4) is 0 Å². The van der Waals surface area contributed by atoms with Crippen LogP contribution in [0, 0.1) is 0 Å². The Morgan fingerprint density at radius 2 is 2.00 bits per heavy atom. The third-order valence-electron chi connectivity index (χ3n) is 5.67. The van der Waals surface area contributed by atoms with E-state index in [0.29, 0.717) is 48.2 Å². The number of para-hydroxylation sites is 1. The molecule has 2 aromatic carbocycles. The summed E-state index contributed by atoms with van der Waals surface area (Å²) >= 11 is 1.41. The van der Waals surface area contributed by atoms with Gasteiger partial charge in [0, 0.05) is 37.6 Å². The van der Waals surface area contributed by atoms with E-state index < -0.39 is 11.5 Å². The molecule has 3 heterocycles. The van der Waals surface area contributed by atoms with Crippen molar-refractivity contribution in [2.45, 2.75) is 0 Å². The van der Waals surface area contributed by atoms with Gasteiger partial charge in [0.25, 0.3) is 5.91 Å². The van der Waals surface area contributed by atoms with Gasteiger partial charge in [-0.25, -0.2) is 9.78 Å². The summed E-state index contributed by atoms with van der Waals surface area (Å²) in [7, 11) is 1.60. The summed E-state index contributed by atoms with van der Waals surface area (Å²) in [4.78, 5) is 34.9. The van der Waals surface area contributed by atoms with Crippen LogP contribution in [0.1, 0.15) is 10.4 Å². The Balaban J connectivity index is 1.52. The predicted molar refractivity (Wildman–Crippen MR) is 128 cm³/mol. The molecule has 0 bridgehead atoms. The van der Waals surface area contributed by atoms with Crippen molar-refractivity contribution in [3.63, 3.8) is 0 Å². The normalized spacial score (nSPS) is 14.6. The van der Waals surface area contributed by atoms with Crippen LogP contribution in [0.15, 0.2) is 57.7 Å². The Hall–Kier alpha value is -3.27. The number of ether oxygens (including phenoxy) is 2. The monoisotopic (exact) mass is 465 g/mol. The lowest BCUT2D eigenvalue weighted by atomic mass is 10.1. The number of nitrogens with zero attached hydrogens (tertiary/aromatic N) is 3. The van der Waals surface area contributed by atoms with Gasteiger partial charge in [-0.05, 0) is 24.3 Å². The minimum absolute atomic E-state index is 0.00693. The number of methoxy groups -OCH3 is 1. The number of carbonyl (C=O) groups is 1. The van der Waals surface area contributed by atoms with E-state index in [-0.39, 0.29) is 5.56 Å². The predicted octanol–water partition coefficient (Wildman–Crippen LogP) is 3.39. The van der Waals surface area contributed by atoms with Gasteiger partial charge in [-0.15, -0.1) is 0 Å². The molecule has 0 spiro atoms.